The van der Waals surface area contributed by atoms with Crippen LogP contribution >= 0.6 is 11.8 Å². The summed E-state index contributed by atoms with van der Waals surface area (Å²) in [5.74, 6) is 0.930. The van der Waals surface area contributed by atoms with Gasteiger partial charge in [-0.05, 0) is 33.0 Å². The third-order valence-electron chi connectivity index (χ3n) is 2.89. The van der Waals surface area contributed by atoms with Crippen LogP contribution in [0.25, 0.3) is 0 Å². The summed E-state index contributed by atoms with van der Waals surface area (Å²) in [6.45, 7) is 2.99. The quantitative estimate of drug-likeness (QED) is 0.797. The minimum absolute atomic E-state index is 0.107. The molecule has 0 unspecified atom stereocenters. The third-order valence-corrected chi connectivity index (χ3v) is 4.25. The van der Waals surface area contributed by atoms with Gasteiger partial charge in [0.1, 0.15) is 0 Å². The van der Waals surface area contributed by atoms with Gasteiger partial charge in [-0.15, -0.1) is 0 Å². The summed E-state index contributed by atoms with van der Waals surface area (Å²) in [7, 11) is 1.76. The molecule has 1 heterocycles. The van der Waals surface area contributed by atoms with Crippen molar-refractivity contribution in [2.75, 3.05) is 39.0 Å². The van der Waals surface area contributed by atoms with Crippen LogP contribution in [0, 0.1) is 0 Å². The zero-order valence-corrected chi connectivity index (χ0v) is 11.0. The molecule has 1 saturated heterocycles. The van der Waals surface area contributed by atoms with Gasteiger partial charge in [-0.3, -0.25) is 0 Å². The van der Waals surface area contributed by atoms with E-state index >= 15 is 0 Å². The van der Waals surface area contributed by atoms with Gasteiger partial charge in [0.2, 0.25) is 0 Å². The molecule has 0 atom stereocenters. The molecule has 0 saturated carbocycles. The van der Waals surface area contributed by atoms with Crippen LogP contribution in [0.15, 0.2) is 0 Å². The number of thioether (sulfide) groups is 1. The lowest BCUT2D eigenvalue weighted by Crippen LogP contribution is -2.30. The molecule has 0 radical (unpaired) electrons. The molecule has 0 aliphatic carbocycles. The molecule has 0 amide bonds. The van der Waals surface area contributed by atoms with E-state index in [9.17, 15) is 13.2 Å². The lowest BCUT2D eigenvalue weighted by molar-refractivity contribution is -0.137. The van der Waals surface area contributed by atoms with Gasteiger partial charge in [-0.2, -0.15) is 24.9 Å². The molecule has 0 aromatic carbocycles. The molecular weight excluding hydrogens is 249 g/mol. The molecule has 102 valence electrons. The summed E-state index contributed by atoms with van der Waals surface area (Å²) >= 11 is 1.90. The summed E-state index contributed by atoms with van der Waals surface area (Å²) in [4.78, 5) is 1.77. The zero-order chi connectivity index (χ0) is 12.7. The SMILES string of the molecule is CN(CCSC1CCNCC1)CCC(F)(F)F. The molecule has 1 aliphatic rings. The Bertz CT molecular complexity index is 205. The van der Waals surface area contributed by atoms with Crippen molar-refractivity contribution >= 4 is 11.8 Å². The van der Waals surface area contributed by atoms with Crippen molar-refractivity contribution in [1.29, 1.82) is 0 Å². The summed E-state index contributed by atoms with van der Waals surface area (Å²) < 4.78 is 36.0. The van der Waals surface area contributed by atoms with Crippen LogP contribution in [0.1, 0.15) is 19.3 Å². The number of piperidine rings is 1. The second-order valence-corrected chi connectivity index (χ2v) is 5.90. The van der Waals surface area contributed by atoms with Crippen LogP contribution in [0.5, 0.6) is 0 Å². The Morgan fingerprint density at radius 1 is 1.24 bits per heavy atom. The maximum absolute atomic E-state index is 12.0. The van der Waals surface area contributed by atoms with Crippen LogP contribution in [-0.4, -0.2) is 55.3 Å². The first-order chi connectivity index (χ1) is 7.97. The number of hydrogen-bond donors (Lipinski definition) is 1. The first-order valence-electron chi connectivity index (χ1n) is 6.05. The Kier molecular flexibility index (Phi) is 6.66. The van der Waals surface area contributed by atoms with E-state index in [0.29, 0.717) is 5.25 Å². The molecule has 2 nitrogen and oxygen atoms in total. The minimum Gasteiger partial charge on any atom is -0.317 e. The highest BCUT2D eigenvalue weighted by Crippen LogP contribution is 2.21. The Balaban J connectivity index is 2.01. The summed E-state index contributed by atoms with van der Waals surface area (Å²) in [6.07, 6.45) is -2.38. The van der Waals surface area contributed by atoms with Crippen molar-refractivity contribution in [1.82, 2.24) is 10.2 Å². The fourth-order valence-electron chi connectivity index (χ4n) is 1.77. The molecule has 0 aromatic rings. The summed E-state index contributed by atoms with van der Waals surface area (Å²) in [5, 5.41) is 3.99. The topological polar surface area (TPSA) is 15.3 Å². The molecule has 1 rings (SSSR count). The van der Waals surface area contributed by atoms with Gasteiger partial charge >= 0.3 is 6.18 Å². The number of hydrogen-bond acceptors (Lipinski definition) is 3. The summed E-state index contributed by atoms with van der Waals surface area (Å²) in [5.41, 5.74) is 0. The average molecular weight is 270 g/mol. The predicted molar refractivity (Wildman–Crippen MR) is 66.5 cm³/mol. The highest BCUT2D eigenvalue weighted by molar-refractivity contribution is 7.99. The zero-order valence-electron chi connectivity index (χ0n) is 10.2. The van der Waals surface area contributed by atoms with Crippen LogP contribution in [0.3, 0.4) is 0 Å². The number of nitrogens with one attached hydrogen (secondary N) is 1. The fourth-order valence-corrected chi connectivity index (χ4v) is 3.09. The predicted octanol–water partition coefficient (Wildman–Crippen LogP) is 2.36. The lowest BCUT2D eigenvalue weighted by atomic mass is 10.2. The van der Waals surface area contributed by atoms with Gasteiger partial charge in [0.15, 0.2) is 0 Å². The normalized spacial score (nSPS) is 18.9. The number of nitrogens with zero attached hydrogens (tertiary/aromatic N) is 1. The number of rotatable bonds is 6. The van der Waals surface area contributed by atoms with E-state index < -0.39 is 12.6 Å². The molecule has 6 heteroatoms. The van der Waals surface area contributed by atoms with Crippen molar-refractivity contribution in [2.24, 2.45) is 0 Å². The third kappa shape index (κ3) is 7.89. The number of halogens is 3. The molecule has 0 bridgehead atoms. The Morgan fingerprint density at radius 3 is 2.47 bits per heavy atom. The second kappa shape index (κ2) is 7.48. The Hall–Kier alpha value is 0.0600. The smallest absolute Gasteiger partial charge is 0.317 e. The Labute approximate surface area is 105 Å². The largest absolute Gasteiger partial charge is 0.390 e. The van der Waals surface area contributed by atoms with E-state index in [1.807, 2.05) is 11.8 Å². The first kappa shape index (κ1) is 15.1. The molecule has 0 aromatic heterocycles. The van der Waals surface area contributed by atoms with Crippen molar-refractivity contribution < 1.29 is 13.2 Å². The Morgan fingerprint density at radius 2 is 1.88 bits per heavy atom. The van der Waals surface area contributed by atoms with Crippen LogP contribution in [0.2, 0.25) is 0 Å². The lowest BCUT2D eigenvalue weighted by Gasteiger charge is -2.23. The maximum atomic E-state index is 12.0. The molecule has 0 spiro atoms. The molecule has 1 fully saturated rings. The van der Waals surface area contributed by atoms with Crippen molar-refractivity contribution in [3.05, 3.63) is 0 Å². The highest BCUT2D eigenvalue weighted by Gasteiger charge is 2.26. The minimum atomic E-state index is -4.03. The van der Waals surface area contributed by atoms with E-state index in [4.69, 9.17) is 0 Å². The summed E-state index contributed by atoms with van der Waals surface area (Å²) in [6, 6.07) is 0. The van der Waals surface area contributed by atoms with Gasteiger partial charge in [-0.1, -0.05) is 0 Å². The van der Waals surface area contributed by atoms with Gasteiger partial charge < -0.3 is 10.2 Å². The van der Waals surface area contributed by atoms with Gasteiger partial charge in [0.05, 0.1) is 6.42 Å². The van der Waals surface area contributed by atoms with Crippen LogP contribution < -0.4 is 5.32 Å². The van der Waals surface area contributed by atoms with E-state index in [1.165, 1.54) is 12.8 Å². The first-order valence-corrected chi connectivity index (χ1v) is 7.10. The molecule has 17 heavy (non-hydrogen) atoms. The van der Waals surface area contributed by atoms with Crippen molar-refractivity contribution in [3.8, 4) is 0 Å². The van der Waals surface area contributed by atoms with Crippen LogP contribution in [-0.2, 0) is 0 Å². The van der Waals surface area contributed by atoms with E-state index in [1.54, 1.807) is 11.9 Å². The monoisotopic (exact) mass is 270 g/mol. The fraction of sp³-hybridized carbons (Fsp3) is 1.00. The van der Waals surface area contributed by atoms with E-state index in [-0.39, 0.29) is 6.54 Å². The van der Waals surface area contributed by atoms with E-state index in [0.717, 1.165) is 25.4 Å². The molecule has 1 aliphatic heterocycles. The average Bonchev–Trinajstić information content (AvgIpc) is 2.27. The standard InChI is InChI=1S/C11H21F3N2S/c1-16(7-4-11(12,13)14)8-9-17-10-2-5-15-6-3-10/h10,15H,2-9H2,1H3. The van der Waals surface area contributed by atoms with Crippen molar-refractivity contribution in [3.63, 3.8) is 0 Å². The van der Waals surface area contributed by atoms with Crippen molar-refractivity contribution in [2.45, 2.75) is 30.7 Å². The second-order valence-electron chi connectivity index (χ2n) is 4.49. The van der Waals surface area contributed by atoms with Gasteiger partial charge in [0, 0.05) is 24.1 Å². The van der Waals surface area contributed by atoms with E-state index in [2.05, 4.69) is 5.32 Å². The van der Waals surface area contributed by atoms with Gasteiger partial charge in [0.25, 0.3) is 0 Å². The molecule has 1 N–H and O–H groups in total. The molecular formula is C11H21F3N2S. The van der Waals surface area contributed by atoms with Gasteiger partial charge in [-0.25, -0.2) is 0 Å². The maximum Gasteiger partial charge on any atom is 0.390 e. The highest BCUT2D eigenvalue weighted by atomic mass is 32.2. The van der Waals surface area contributed by atoms with Crippen LogP contribution in [0.4, 0.5) is 13.2 Å². The number of alkyl halides is 3.